The van der Waals surface area contributed by atoms with E-state index in [4.69, 9.17) is 9.47 Å². The van der Waals surface area contributed by atoms with Crippen LogP contribution in [0.3, 0.4) is 0 Å². The van der Waals surface area contributed by atoms with Crippen LogP contribution >= 0.6 is 0 Å². The molecule has 0 aromatic carbocycles. The number of esters is 2. The monoisotopic (exact) mass is 621 g/mol. The molecule has 0 aromatic rings. The van der Waals surface area contributed by atoms with E-state index in [1.54, 1.807) is 0 Å². The summed E-state index contributed by atoms with van der Waals surface area (Å²) in [5, 5.41) is 9.53. The topological polar surface area (TPSA) is 72.8 Å². The summed E-state index contributed by atoms with van der Waals surface area (Å²) in [5.74, 6) is -0.607. The molecular formula is C39H72O5. The third-order valence-corrected chi connectivity index (χ3v) is 8.22. The van der Waals surface area contributed by atoms with Crippen molar-refractivity contribution in [3.05, 3.63) is 24.3 Å². The Balaban J connectivity index is 3.58. The van der Waals surface area contributed by atoms with Gasteiger partial charge in [0.1, 0.15) is 6.61 Å². The maximum Gasteiger partial charge on any atom is 0.306 e. The fourth-order valence-corrected chi connectivity index (χ4v) is 5.31. The van der Waals surface area contributed by atoms with Crippen LogP contribution < -0.4 is 0 Å². The molecule has 258 valence electrons. The molecule has 0 bridgehead atoms. The minimum Gasteiger partial charge on any atom is -0.462 e. The van der Waals surface area contributed by atoms with Crippen LogP contribution in [0.25, 0.3) is 0 Å². The van der Waals surface area contributed by atoms with E-state index in [0.717, 1.165) is 51.4 Å². The number of carbonyl (C=O) groups excluding carboxylic acids is 2. The van der Waals surface area contributed by atoms with Gasteiger partial charge in [0.2, 0.25) is 0 Å². The average molecular weight is 621 g/mol. The Morgan fingerprint density at radius 2 is 0.841 bits per heavy atom. The van der Waals surface area contributed by atoms with Gasteiger partial charge in [-0.1, -0.05) is 141 Å². The molecule has 0 aliphatic heterocycles. The normalized spacial score (nSPS) is 12.3. The number of ether oxygens (including phenoxy) is 2. The molecule has 0 fully saturated rings. The van der Waals surface area contributed by atoms with E-state index in [0.29, 0.717) is 12.8 Å². The zero-order valence-corrected chi connectivity index (χ0v) is 29.2. The number of aliphatic hydroxyl groups excluding tert-OH is 1. The molecule has 0 aliphatic carbocycles. The second kappa shape index (κ2) is 35.9. The predicted octanol–water partition coefficient (Wildman–Crippen LogP) is 11.5. The van der Waals surface area contributed by atoms with E-state index in [2.05, 4.69) is 38.2 Å². The summed E-state index contributed by atoms with van der Waals surface area (Å²) < 4.78 is 10.6. The summed E-state index contributed by atoms with van der Waals surface area (Å²) in [6.45, 7) is 4.11. The first-order chi connectivity index (χ1) is 21.6. The van der Waals surface area contributed by atoms with Crippen LogP contribution in [0.5, 0.6) is 0 Å². The highest BCUT2D eigenvalue weighted by Crippen LogP contribution is 2.12. The summed E-state index contributed by atoms with van der Waals surface area (Å²) in [5.41, 5.74) is 0. The Bertz CT molecular complexity index is 671. The second-order valence-corrected chi connectivity index (χ2v) is 12.6. The molecule has 0 aliphatic rings. The number of hydrogen-bond donors (Lipinski definition) is 1. The van der Waals surface area contributed by atoms with Crippen molar-refractivity contribution in [2.24, 2.45) is 0 Å². The summed E-state index contributed by atoms with van der Waals surface area (Å²) >= 11 is 0. The Hall–Kier alpha value is -1.62. The molecule has 44 heavy (non-hydrogen) atoms. The highest BCUT2D eigenvalue weighted by molar-refractivity contribution is 5.70. The zero-order chi connectivity index (χ0) is 32.2. The molecule has 0 aromatic heterocycles. The van der Waals surface area contributed by atoms with E-state index in [1.807, 2.05) is 0 Å². The molecule has 0 unspecified atom stereocenters. The molecule has 0 saturated carbocycles. The maximum absolute atomic E-state index is 12.1. The van der Waals surface area contributed by atoms with Crippen molar-refractivity contribution in [2.75, 3.05) is 13.2 Å². The van der Waals surface area contributed by atoms with Gasteiger partial charge in [-0.25, -0.2) is 0 Å². The first kappa shape index (κ1) is 42.4. The summed E-state index contributed by atoms with van der Waals surface area (Å²) in [6.07, 6.45) is 40.9. The molecule has 1 atom stereocenters. The van der Waals surface area contributed by atoms with Crippen LogP contribution in [0.15, 0.2) is 24.3 Å². The van der Waals surface area contributed by atoms with Gasteiger partial charge in [-0.05, 0) is 64.2 Å². The van der Waals surface area contributed by atoms with Crippen LogP contribution in [-0.4, -0.2) is 36.4 Å². The van der Waals surface area contributed by atoms with Crippen molar-refractivity contribution in [1.29, 1.82) is 0 Å². The van der Waals surface area contributed by atoms with Crippen LogP contribution in [0, 0.1) is 0 Å². The van der Waals surface area contributed by atoms with Gasteiger partial charge in [0, 0.05) is 12.8 Å². The minimum absolute atomic E-state index is 0.0709. The molecule has 5 nitrogen and oxygen atoms in total. The molecule has 0 radical (unpaired) electrons. The van der Waals surface area contributed by atoms with Gasteiger partial charge in [0.15, 0.2) is 6.10 Å². The lowest BCUT2D eigenvalue weighted by Crippen LogP contribution is -2.28. The van der Waals surface area contributed by atoms with Crippen LogP contribution in [0.1, 0.15) is 194 Å². The van der Waals surface area contributed by atoms with Gasteiger partial charge in [-0.15, -0.1) is 0 Å². The van der Waals surface area contributed by atoms with Gasteiger partial charge in [0.05, 0.1) is 6.61 Å². The quantitative estimate of drug-likeness (QED) is 0.0440. The van der Waals surface area contributed by atoms with Crippen LogP contribution in [-0.2, 0) is 19.1 Å². The Kier molecular flexibility index (Phi) is 34.5. The van der Waals surface area contributed by atoms with Crippen LogP contribution in [0.2, 0.25) is 0 Å². The number of hydrogen-bond acceptors (Lipinski definition) is 5. The standard InChI is InChI=1S/C39H72O5/c1-3-5-7-9-11-13-15-17-19-21-23-25-27-29-31-33-38(41)43-36-37(35-40)44-39(42)34-32-30-28-26-24-22-20-18-16-14-12-10-8-6-4-2/h17-20,37,40H,3-16,21-36H2,1-2H3/b19-17-,20-18+/t37-/m0/s1. The molecule has 0 spiro atoms. The number of unbranched alkanes of at least 4 members (excludes halogenated alkanes) is 22. The van der Waals surface area contributed by atoms with Gasteiger partial charge in [-0.2, -0.15) is 0 Å². The van der Waals surface area contributed by atoms with Gasteiger partial charge >= 0.3 is 11.9 Å². The van der Waals surface area contributed by atoms with Crippen molar-refractivity contribution in [3.63, 3.8) is 0 Å². The maximum atomic E-state index is 12.1. The second-order valence-electron chi connectivity index (χ2n) is 12.6. The van der Waals surface area contributed by atoms with Crippen molar-refractivity contribution < 1.29 is 24.2 Å². The number of allylic oxidation sites excluding steroid dienone is 4. The molecule has 0 rings (SSSR count). The van der Waals surface area contributed by atoms with Crippen molar-refractivity contribution in [3.8, 4) is 0 Å². The molecular weight excluding hydrogens is 548 g/mol. The van der Waals surface area contributed by atoms with Gasteiger partial charge in [0.25, 0.3) is 0 Å². The fraction of sp³-hybridized carbons (Fsp3) is 0.846. The van der Waals surface area contributed by atoms with E-state index < -0.39 is 6.10 Å². The third-order valence-electron chi connectivity index (χ3n) is 8.22. The minimum atomic E-state index is -0.774. The molecule has 5 heteroatoms. The summed E-state index contributed by atoms with van der Waals surface area (Å²) in [4.78, 5) is 24.2. The van der Waals surface area contributed by atoms with Gasteiger partial charge in [-0.3, -0.25) is 9.59 Å². The number of aliphatic hydroxyl groups is 1. The van der Waals surface area contributed by atoms with Crippen molar-refractivity contribution in [2.45, 2.75) is 200 Å². The van der Waals surface area contributed by atoms with Crippen LogP contribution in [0.4, 0.5) is 0 Å². The van der Waals surface area contributed by atoms with Gasteiger partial charge < -0.3 is 14.6 Å². The predicted molar refractivity (Wildman–Crippen MR) is 187 cm³/mol. The third kappa shape index (κ3) is 33.3. The van der Waals surface area contributed by atoms with E-state index >= 15 is 0 Å². The summed E-state index contributed by atoms with van der Waals surface area (Å²) in [6, 6.07) is 0. The smallest absolute Gasteiger partial charge is 0.306 e. The Labute approximate surface area is 273 Å². The van der Waals surface area contributed by atoms with Crippen molar-refractivity contribution in [1.82, 2.24) is 0 Å². The molecule has 0 heterocycles. The highest BCUT2D eigenvalue weighted by atomic mass is 16.6. The zero-order valence-electron chi connectivity index (χ0n) is 29.2. The molecule has 0 saturated heterocycles. The molecule has 0 amide bonds. The number of carbonyl (C=O) groups is 2. The Morgan fingerprint density at radius 1 is 0.500 bits per heavy atom. The lowest BCUT2D eigenvalue weighted by atomic mass is 10.1. The lowest BCUT2D eigenvalue weighted by Gasteiger charge is -2.15. The highest BCUT2D eigenvalue weighted by Gasteiger charge is 2.16. The molecule has 1 N–H and O–H groups in total. The first-order valence-corrected chi connectivity index (χ1v) is 18.9. The average Bonchev–Trinajstić information content (AvgIpc) is 3.02. The fourth-order valence-electron chi connectivity index (χ4n) is 5.31. The van der Waals surface area contributed by atoms with Crippen molar-refractivity contribution >= 4 is 11.9 Å². The van der Waals surface area contributed by atoms with E-state index in [-0.39, 0.29) is 25.2 Å². The lowest BCUT2D eigenvalue weighted by molar-refractivity contribution is -0.161. The van der Waals surface area contributed by atoms with E-state index in [9.17, 15) is 14.7 Å². The Morgan fingerprint density at radius 3 is 1.23 bits per heavy atom. The largest absolute Gasteiger partial charge is 0.462 e. The first-order valence-electron chi connectivity index (χ1n) is 18.9. The summed E-state index contributed by atoms with van der Waals surface area (Å²) in [7, 11) is 0. The van der Waals surface area contributed by atoms with E-state index in [1.165, 1.54) is 116 Å². The number of rotatable bonds is 34. The SMILES string of the molecule is CCCCCCCC/C=C\CCCCCCCC(=O)OC[C@H](CO)OC(=O)CCCCCCC/C=C/CCCCCCCC.